The fraction of sp³-hybridized carbons (Fsp3) is 0.929. The number of nitrogens with zero attached hydrogens (tertiary/aromatic N) is 2. The van der Waals surface area contributed by atoms with Crippen LogP contribution >= 0.6 is 0 Å². The third kappa shape index (κ3) is 2.12. The van der Waals surface area contributed by atoms with E-state index in [2.05, 4.69) is 19.0 Å². The fourth-order valence-electron chi connectivity index (χ4n) is 4.50. The Labute approximate surface area is 126 Å². The van der Waals surface area contributed by atoms with E-state index in [1.54, 1.807) is 0 Å². The molecule has 0 aromatic rings. The SMILES string of the molecule is CC1(C)C2CCC1(CS(=O)(=O)N1CCOCC1)/C(=N/O)C2. The van der Waals surface area contributed by atoms with E-state index in [9.17, 15) is 13.6 Å². The van der Waals surface area contributed by atoms with Gasteiger partial charge in [-0.3, -0.25) is 0 Å². The van der Waals surface area contributed by atoms with Crippen LogP contribution in [0.25, 0.3) is 0 Å². The van der Waals surface area contributed by atoms with Gasteiger partial charge in [-0.1, -0.05) is 19.0 Å². The Morgan fingerprint density at radius 2 is 2.05 bits per heavy atom. The summed E-state index contributed by atoms with van der Waals surface area (Å²) in [5.41, 5.74) is 0.0397. The second kappa shape index (κ2) is 4.93. The van der Waals surface area contributed by atoms with E-state index in [1.807, 2.05) is 0 Å². The number of hydrogen-bond acceptors (Lipinski definition) is 5. The third-order valence-electron chi connectivity index (χ3n) is 6.08. The van der Waals surface area contributed by atoms with E-state index >= 15 is 0 Å². The summed E-state index contributed by atoms with van der Waals surface area (Å²) in [7, 11) is -3.36. The van der Waals surface area contributed by atoms with Gasteiger partial charge in [0.2, 0.25) is 10.0 Å². The second-order valence-electron chi connectivity index (χ2n) is 7.06. The van der Waals surface area contributed by atoms with Crippen LogP contribution in [-0.2, 0) is 14.8 Å². The lowest BCUT2D eigenvalue weighted by Gasteiger charge is -2.39. The molecule has 2 aliphatic carbocycles. The Morgan fingerprint density at radius 3 is 2.62 bits per heavy atom. The molecule has 2 saturated carbocycles. The topological polar surface area (TPSA) is 79.2 Å². The Morgan fingerprint density at radius 1 is 1.38 bits per heavy atom. The summed E-state index contributed by atoms with van der Waals surface area (Å²) in [4.78, 5) is 0. The van der Waals surface area contributed by atoms with Gasteiger partial charge in [-0.15, -0.1) is 0 Å². The molecular weight excluding hydrogens is 292 g/mol. The molecule has 3 aliphatic rings. The van der Waals surface area contributed by atoms with Crippen molar-refractivity contribution in [2.45, 2.75) is 33.1 Å². The standard InChI is InChI=1S/C14H24N2O4S/c1-13(2)11-3-4-14(13,12(9-11)15-17)10-21(18,19)16-5-7-20-8-6-16/h11,17H,3-10H2,1-2H3/b15-12+. The maximum Gasteiger partial charge on any atom is 0.215 e. The van der Waals surface area contributed by atoms with Crippen molar-refractivity contribution < 1.29 is 18.4 Å². The van der Waals surface area contributed by atoms with Gasteiger partial charge in [0.1, 0.15) is 0 Å². The predicted octanol–water partition coefficient (Wildman–Crippen LogP) is 1.30. The number of rotatable bonds is 3. The molecule has 6 nitrogen and oxygen atoms in total. The van der Waals surface area contributed by atoms with Crippen LogP contribution in [0.15, 0.2) is 5.16 Å². The fourth-order valence-corrected chi connectivity index (χ4v) is 6.70. The minimum Gasteiger partial charge on any atom is -0.411 e. The Kier molecular flexibility index (Phi) is 3.58. The molecule has 7 heteroatoms. The van der Waals surface area contributed by atoms with Crippen molar-refractivity contribution in [1.29, 1.82) is 0 Å². The molecule has 1 N–H and O–H groups in total. The molecule has 0 aromatic heterocycles. The molecular formula is C14H24N2O4S. The lowest BCUT2D eigenvalue weighted by Crippen LogP contribution is -2.49. The minimum absolute atomic E-state index is 0.0584. The summed E-state index contributed by atoms with van der Waals surface area (Å²) in [6.45, 7) is 6.01. The first-order valence-electron chi connectivity index (χ1n) is 7.60. The Bertz CT molecular complexity index is 551. The first-order chi connectivity index (χ1) is 9.83. The third-order valence-corrected chi connectivity index (χ3v) is 8.09. The number of oxime groups is 1. The first kappa shape index (κ1) is 15.2. The highest BCUT2D eigenvalue weighted by molar-refractivity contribution is 7.89. The normalized spacial score (nSPS) is 38.2. The van der Waals surface area contributed by atoms with Gasteiger partial charge in [0.05, 0.1) is 24.7 Å². The van der Waals surface area contributed by atoms with Gasteiger partial charge in [0.25, 0.3) is 0 Å². The van der Waals surface area contributed by atoms with E-state index in [1.165, 1.54) is 4.31 Å². The van der Waals surface area contributed by atoms with E-state index in [-0.39, 0.29) is 11.2 Å². The highest BCUT2D eigenvalue weighted by Gasteiger charge is 2.64. The van der Waals surface area contributed by atoms with Gasteiger partial charge < -0.3 is 9.94 Å². The van der Waals surface area contributed by atoms with Crippen molar-refractivity contribution in [2.24, 2.45) is 21.9 Å². The van der Waals surface area contributed by atoms with Crippen LogP contribution in [-0.4, -0.2) is 55.7 Å². The predicted molar refractivity (Wildman–Crippen MR) is 79.0 cm³/mol. The van der Waals surface area contributed by atoms with Crippen LogP contribution in [0.3, 0.4) is 0 Å². The van der Waals surface area contributed by atoms with Crippen LogP contribution in [0.5, 0.6) is 0 Å². The van der Waals surface area contributed by atoms with E-state index in [0.717, 1.165) is 19.3 Å². The molecule has 1 aliphatic heterocycles. The molecule has 3 rings (SSSR count). The van der Waals surface area contributed by atoms with Crippen molar-refractivity contribution >= 4 is 15.7 Å². The van der Waals surface area contributed by atoms with Gasteiger partial charge >= 0.3 is 0 Å². The molecule has 0 spiro atoms. The largest absolute Gasteiger partial charge is 0.411 e. The van der Waals surface area contributed by atoms with Crippen LogP contribution in [0.4, 0.5) is 0 Å². The summed E-state index contributed by atoms with van der Waals surface area (Å²) < 4.78 is 32.4. The Hall–Kier alpha value is -0.660. The van der Waals surface area contributed by atoms with Gasteiger partial charge in [0, 0.05) is 18.5 Å². The summed E-state index contributed by atoms with van der Waals surface area (Å²) in [5.74, 6) is 0.478. The smallest absolute Gasteiger partial charge is 0.215 e. The maximum atomic E-state index is 12.8. The van der Waals surface area contributed by atoms with E-state index in [0.29, 0.717) is 37.9 Å². The van der Waals surface area contributed by atoms with E-state index in [4.69, 9.17) is 4.74 Å². The van der Waals surface area contributed by atoms with Gasteiger partial charge in [-0.25, -0.2) is 8.42 Å². The van der Waals surface area contributed by atoms with Gasteiger partial charge in [0.15, 0.2) is 0 Å². The summed E-state index contributed by atoms with van der Waals surface area (Å²) in [6, 6.07) is 0. The number of fused-ring (bicyclic) bond motifs is 2. The molecule has 2 unspecified atom stereocenters. The Balaban J connectivity index is 1.91. The average molecular weight is 316 g/mol. The van der Waals surface area contributed by atoms with E-state index < -0.39 is 15.4 Å². The molecule has 1 saturated heterocycles. The molecule has 120 valence electrons. The average Bonchev–Trinajstić information content (AvgIpc) is 2.81. The van der Waals surface area contributed by atoms with Gasteiger partial charge in [-0.2, -0.15) is 4.31 Å². The minimum atomic E-state index is -3.36. The summed E-state index contributed by atoms with van der Waals surface area (Å²) in [6.07, 6.45) is 2.54. The van der Waals surface area contributed by atoms with Crippen molar-refractivity contribution in [3.8, 4) is 0 Å². The van der Waals surface area contributed by atoms with Crippen LogP contribution in [0, 0.1) is 16.7 Å². The lowest BCUT2D eigenvalue weighted by atomic mass is 9.70. The number of hydrogen-bond donors (Lipinski definition) is 1. The molecule has 21 heavy (non-hydrogen) atoms. The van der Waals surface area contributed by atoms with Crippen molar-refractivity contribution in [2.75, 3.05) is 32.1 Å². The van der Waals surface area contributed by atoms with Crippen molar-refractivity contribution in [3.05, 3.63) is 0 Å². The van der Waals surface area contributed by atoms with Gasteiger partial charge in [-0.05, 0) is 30.6 Å². The van der Waals surface area contributed by atoms with Crippen molar-refractivity contribution in [1.82, 2.24) is 4.31 Å². The molecule has 2 atom stereocenters. The zero-order valence-electron chi connectivity index (χ0n) is 12.7. The highest BCUT2D eigenvalue weighted by Crippen LogP contribution is 2.64. The first-order valence-corrected chi connectivity index (χ1v) is 9.21. The lowest BCUT2D eigenvalue weighted by molar-refractivity contribution is 0.0722. The second-order valence-corrected chi connectivity index (χ2v) is 9.03. The zero-order chi connectivity index (χ0) is 15.3. The summed E-state index contributed by atoms with van der Waals surface area (Å²) >= 11 is 0. The number of morpholine rings is 1. The zero-order valence-corrected chi connectivity index (χ0v) is 13.5. The monoisotopic (exact) mass is 316 g/mol. The molecule has 0 amide bonds. The number of ether oxygens (including phenoxy) is 1. The van der Waals surface area contributed by atoms with Crippen LogP contribution in [0.1, 0.15) is 33.1 Å². The molecule has 3 fully saturated rings. The van der Waals surface area contributed by atoms with Crippen LogP contribution in [0.2, 0.25) is 0 Å². The summed E-state index contributed by atoms with van der Waals surface area (Å²) in [5, 5.41) is 12.8. The molecule has 0 radical (unpaired) electrons. The highest BCUT2D eigenvalue weighted by atomic mass is 32.2. The molecule has 1 heterocycles. The molecule has 2 bridgehead atoms. The van der Waals surface area contributed by atoms with Crippen LogP contribution < -0.4 is 0 Å². The number of sulfonamides is 1. The quantitative estimate of drug-likeness (QED) is 0.629. The molecule has 0 aromatic carbocycles. The maximum absolute atomic E-state index is 12.8. The van der Waals surface area contributed by atoms with Crippen molar-refractivity contribution in [3.63, 3.8) is 0 Å².